The molecule has 0 radical (unpaired) electrons. The van der Waals surface area contributed by atoms with Gasteiger partial charge in [0.15, 0.2) is 0 Å². The molecule has 0 aromatic heterocycles. The van der Waals surface area contributed by atoms with Crippen LogP contribution >= 0.6 is 0 Å². The van der Waals surface area contributed by atoms with Crippen molar-refractivity contribution in [3.63, 3.8) is 0 Å². The van der Waals surface area contributed by atoms with Gasteiger partial charge in [0.1, 0.15) is 6.29 Å². The number of unbranched alkanes of at least 4 members (excludes halogenated alkanes) is 2. The minimum absolute atomic E-state index is 0.0159. The fourth-order valence-corrected chi connectivity index (χ4v) is 4.26. The fourth-order valence-electron chi connectivity index (χ4n) is 4.26. The van der Waals surface area contributed by atoms with Crippen molar-refractivity contribution in [1.29, 1.82) is 0 Å². The molecule has 9 nitrogen and oxygen atoms in total. The van der Waals surface area contributed by atoms with Crippen LogP contribution in [0.25, 0.3) is 0 Å². The van der Waals surface area contributed by atoms with Crippen LogP contribution in [0.4, 0.5) is 0 Å². The van der Waals surface area contributed by atoms with E-state index in [4.69, 9.17) is 0 Å². The van der Waals surface area contributed by atoms with Crippen molar-refractivity contribution in [3.05, 3.63) is 0 Å². The molecule has 9 heteroatoms. The lowest BCUT2D eigenvalue weighted by Crippen LogP contribution is -2.38. The molecule has 2 aliphatic rings. The zero-order valence-electron chi connectivity index (χ0n) is 18.4. The summed E-state index contributed by atoms with van der Waals surface area (Å²) < 4.78 is 0. The normalized spacial score (nSPS) is 23.7. The third-order valence-corrected chi connectivity index (χ3v) is 6.24. The molecule has 2 rings (SSSR count). The van der Waals surface area contributed by atoms with E-state index in [2.05, 4.69) is 5.32 Å². The van der Waals surface area contributed by atoms with Crippen LogP contribution < -0.4 is 5.32 Å². The van der Waals surface area contributed by atoms with E-state index in [0.717, 1.165) is 38.5 Å². The van der Waals surface area contributed by atoms with Crippen molar-refractivity contribution >= 4 is 29.9 Å². The zero-order valence-corrected chi connectivity index (χ0v) is 18.4. The minimum Gasteiger partial charge on any atom is -0.356 e. The Balaban J connectivity index is 1.55. The number of carbonyl (C=O) groups is 5. The Morgan fingerprint density at radius 3 is 2.48 bits per heavy atom. The van der Waals surface area contributed by atoms with E-state index >= 15 is 0 Å². The van der Waals surface area contributed by atoms with Gasteiger partial charge in [0.05, 0.1) is 0 Å². The van der Waals surface area contributed by atoms with Gasteiger partial charge in [-0.05, 0) is 50.9 Å². The summed E-state index contributed by atoms with van der Waals surface area (Å²) in [5, 5.41) is 13.2. The number of amides is 4. The molecule has 1 saturated carbocycles. The van der Waals surface area contributed by atoms with Crippen LogP contribution in [0.5, 0.6) is 0 Å². The summed E-state index contributed by atoms with van der Waals surface area (Å²) in [5.41, 5.74) is 0. The van der Waals surface area contributed by atoms with E-state index < -0.39 is 5.91 Å². The lowest BCUT2D eigenvalue weighted by atomic mass is 9.81. The Bertz CT molecular complexity index is 660. The first-order valence-corrected chi connectivity index (χ1v) is 11.4. The van der Waals surface area contributed by atoms with E-state index in [1.54, 1.807) is 6.92 Å². The number of carbonyl (C=O) groups excluding carboxylic acids is 5. The van der Waals surface area contributed by atoms with Gasteiger partial charge in [-0.25, -0.2) is 5.06 Å². The first-order chi connectivity index (χ1) is 14.8. The van der Waals surface area contributed by atoms with E-state index in [0.29, 0.717) is 37.3 Å². The van der Waals surface area contributed by atoms with Crippen LogP contribution in [0, 0.1) is 17.8 Å². The van der Waals surface area contributed by atoms with Crippen molar-refractivity contribution in [1.82, 2.24) is 15.3 Å². The minimum atomic E-state index is -0.455. The molecular formula is C22H35N3O6. The number of rotatable bonds is 12. The number of nitrogens with one attached hydrogen (secondary N) is 1. The SMILES string of the molecule is CC1CC(=O)N(CC2CCC(C(=O)NCCCCCN(O)C(=O)CCC=O)CC2)C1=O. The third kappa shape index (κ3) is 7.72. The van der Waals surface area contributed by atoms with Crippen LogP contribution in [0.3, 0.4) is 0 Å². The molecule has 0 bridgehead atoms. The zero-order chi connectivity index (χ0) is 22.8. The molecule has 1 unspecified atom stereocenters. The highest BCUT2D eigenvalue weighted by Gasteiger charge is 2.37. The molecule has 2 N–H and O–H groups in total. The lowest BCUT2D eigenvalue weighted by molar-refractivity contribution is -0.165. The number of hydrogen-bond acceptors (Lipinski definition) is 6. The van der Waals surface area contributed by atoms with Gasteiger partial charge in [-0.1, -0.05) is 6.92 Å². The summed E-state index contributed by atoms with van der Waals surface area (Å²) in [6, 6.07) is 0. The summed E-state index contributed by atoms with van der Waals surface area (Å²) in [5.74, 6) is -0.511. The summed E-state index contributed by atoms with van der Waals surface area (Å²) in [4.78, 5) is 59.5. The Hall–Kier alpha value is -2.29. The van der Waals surface area contributed by atoms with E-state index in [-0.39, 0.29) is 54.9 Å². The second-order valence-electron chi connectivity index (χ2n) is 8.74. The molecule has 31 heavy (non-hydrogen) atoms. The fraction of sp³-hybridized carbons (Fsp3) is 0.773. The van der Waals surface area contributed by atoms with E-state index in [1.807, 2.05) is 0 Å². The van der Waals surface area contributed by atoms with Gasteiger partial charge in [-0.15, -0.1) is 0 Å². The molecular weight excluding hydrogens is 402 g/mol. The molecule has 0 aromatic carbocycles. The number of hydrogen-bond donors (Lipinski definition) is 2. The van der Waals surface area contributed by atoms with Crippen molar-refractivity contribution in [2.75, 3.05) is 19.6 Å². The van der Waals surface area contributed by atoms with Crippen LogP contribution in [0.2, 0.25) is 0 Å². The highest BCUT2D eigenvalue weighted by molar-refractivity contribution is 6.03. The molecule has 1 heterocycles. The van der Waals surface area contributed by atoms with Crippen molar-refractivity contribution in [2.24, 2.45) is 17.8 Å². The number of aldehydes is 1. The number of hydroxylamine groups is 2. The van der Waals surface area contributed by atoms with Gasteiger partial charge in [-0.3, -0.25) is 29.3 Å². The summed E-state index contributed by atoms with van der Waals surface area (Å²) >= 11 is 0. The molecule has 0 spiro atoms. The predicted molar refractivity (Wildman–Crippen MR) is 112 cm³/mol. The van der Waals surface area contributed by atoms with Gasteiger partial charge in [0.25, 0.3) is 0 Å². The molecule has 4 amide bonds. The molecule has 1 atom stereocenters. The second kappa shape index (κ2) is 12.5. The van der Waals surface area contributed by atoms with Crippen molar-refractivity contribution in [2.45, 2.75) is 71.1 Å². The van der Waals surface area contributed by atoms with Crippen LogP contribution in [-0.2, 0) is 24.0 Å². The van der Waals surface area contributed by atoms with Gasteiger partial charge in [0.2, 0.25) is 23.6 Å². The molecule has 1 aliphatic carbocycles. The standard InChI is InChI=1S/C22H35N3O6/c1-16-14-20(28)24(22(16)30)15-17-7-9-18(10-8-17)21(29)23-11-3-2-4-12-25(31)19(27)6-5-13-26/h13,16-18,31H,2-12,14-15H2,1H3,(H,23,29). The van der Waals surface area contributed by atoms with Crippen LogP contribution in [0.15, 0.2) is 0 Å². The smallest absolute Gasteiger partial charge is 0.246 e. The average molecular weight is 438 g/mol. The van der Waals surface area contributed by atoms with Gasteiger partial charge >= 0.3 is 0 Å². The maximum Gasteiger partial charge on any atom is 0.246 e. The summed E-state index contributed by atoms with van der Waals surface area (Å²) in [7, 11) is 0. The van der Waals surface area contributed by atoms with Gasteiger partial charge in [0, 0.05) is 50.7 Å². The Kier molecular flexibility index (Phi) is 10.1. The number of likely N-dealkylation sites (tertiary alicyclic amines) is 1. The van der Waals surface area contributed by atoms with Crippen molar-refractivity contribution in [3.8, 4) is 0 Å². The highest BCUT2D eigenvalue weighted by atomic mass is 16.5. The Morgan fingerprint density at radius 2 is 1.87 bits per heavy atom. The third-order valence-electron chi connectivity index (χ3n) is 6.24. The van der Waals surface area contributed by atoms with E-state index in [1.165, 1.54) is 4.90 Å². The van der Waals surface area contributed by atoms with Gasteiger partial charge in [-0.2, -0.15) is 0 Å². The molecule has 174 valence electrons. The number of imide groups is 1. The van der Waals surface area contributed by atoms with Crippen molar-refractivity contribution < 1.29 is 29.2 Å². The molecule has 2 fully saturated rings. The predicted octanol–water partition coefficient (Wildman–Crippen LogP) is 1.67. The van der Waals surface area contributed by atoms with Crippen LogP contribution in [-0.4, -0.2) is 64.7 Å². The quantitative estimate of drug-likeness (QED) is 0.157. The largest absolute Gasteiger partial charge is 0.356 e. The lowest BCUT2D eigenvalue weighted by Gasteiger charge is -2.30. The Labute approximate surface area is 183 Å². The topological polar surface area (TPSA) is 124 Å². The number of nitrogens with zero attached hydrogens (tertiary/aromatic N) is 2. The molecule has 0 aromatic rings. The highest BCUT2D eigenvalue weighted by Crippen LogP contribution is 2.31. The summed E-state index contributed by atoms with van der Waals surface area (Å²) in [6.45, 7) is 3.04. The second-order valence-corrected chi connectivity index (χ2v) is 8.74. The maximum atomic E-state index is 12.4. The molecule has 1 aliphatic heterocycles. The Morgan fingerprint density at radius 1 is 1.16 bits per heavy atom. The maximum absolute atomic E-state index is 12.4. The average Bonchev–Trinajstić information content (AvgIpc) is 3.00. The van der Waals surface area contributed by atoms with E-state index in [9.17, 15) is 29.2 Å². The monoisotopic (exact) mass is 437 g/mol. The van der Waals surface area contributed by atoms with Gasteiger partial charge < -0.3 is 10.1 Å². The summed E-state index contributed by atoms with van der Waals surface area (Å²) in [6.07, 6.45) is 6.45. The molecule has 1 saturated heterocycles. The first kappa shape index (κ1) is 25.0. The first-order valence-electron chi connectivity index (χ1n) is 11.4. The van der Waals surface area contributed by atoms with Crippen LogP contribution in [0.1, 0.15) is 71.1 Å².